The Morgan fingerprint density at radius 2 is 2.22 bits per heavy atom. The minimum Gasteiger partial charge on any atom is -0.342 e. The summed E-state index contributed by atoms with van der Waals surface area (Å²) in [5, 5.41) is 0. The Morgan fingerprint density at radius 3 is 2.89 bits per heavy atom. The van der Waals surface area contributed by atoms with Crippen LogP contribution in [0.25, 0.3) is 0 Å². The van der Waals surface area contributed by atoms with E-state index in [2.05, 4.69) is 12.1 Å². The van der Waals surface area contributed by atoms with Gasteiger partial charge in [0.1, 0.15) is 0 Å². The van der Waals surface area contributed by atoms with E-state index in [1.165, 1.54) is 11.1 Å². The van der Waals surface area contributed by atoms with Crippen molar-refractivity contribution in [2.45, 2.75) is 31.7 Å². The van der Waals surface area contributed by atoms with Gasteiger partial charge >= 0.3 is 0 Å². The van der Waals surface area contributed by atoms with Gasteiger partial charge in [-0.2, -0.15) is 0 Å². The average Bonchev–Trinajstić information content (AvgIpc) is 2.80. The first kappa shape index (κ1) is 11.7. The summed E-state index contributed by atoms with van der Waals surface area (Å²) in [6.45, 7) is 3.76. The molecule has 3 rings (SSSR count). The molecule has 1 amide bonds. The third-order valence-corrected chi connectivity index (χ3v) is 4.43. The number of fused-ring (bicyclic) bond motifs is 1. The van der Waals surface area contributed by atoms with Gasteiger partial charge in [-0.05, 0) is 36.8 Å². The lowest BCUT2D eigenvalue weighted by Crippen LogP contribution is -2.39. The Kier molecular flexibility index (Phi) is 2.86. The van der Waals surface area contributed by atoms with E-state index >= 15 is 0 Å². The van der Waals surface area contributed by atoms with E-state index in [0.29, 0.717) is 11.8 Å². The van der Waals surface area contributed by atoms with Crippen molar-refractivity contribution in [3.05, 3.63) is 35.4 Å². The van der Waals surface area contributed by atoms with Crippen LogP contribution in [-0.2, 0) is 11.2 Å². The number of hydrogen-bond donors (Lipinski definition) is 1. The number of nitrogens with zero attached hydrogens (tertiary/aromatic N) is 1. The molecule has 3 unspecified atom stereocenters. The SMILES string of the molecule is CC(N)C1CCN(C(=O)C2Cc3ccccc32)C1. The van der Waals surface area contributed by atoms with Gasteiger partial charge in [0.2, 0.25) is 5.91 Å². The predicted molar refractivity (Wildman–Crippen MR) is 71.2 cm³/mol. The molecule has 1 heterocycles. The third kappa shape index (κ3) is 1.83. The molecule has 1 fully saturated rings. The standard InChI is InChI=1S/C15H20N2O/c1-10(16)12-6-7-17(9-12)15(18)14-8-11-4-2-3-5-13(11)14/h2-5,10,12,14H,6-9,16H2,1H3. The summed E-state index contributed by atoms with van der Waals surface area (Å²) >= 11 is 0. The fourth-order valence-electron chi connectivity index (χ4n) is 3.12. The van der Waals surface area contributed by atoms with Gasteiger partial charge < -0.3 is 10.6 Å². The third-order valence-electron chi connectivity index (χ3n) is 4.43. The maximum absolute atomic E-state index is 12.4. The number of rotatable bonds is 2. The highest BCUT2D eigenvalue weighted by Crippen LogP contribution is 2.37. The highest BCUT2D eigenvalue weighted by Gasteiger charge is 2.37. The van der Waals surface area contributed by atoms with Crippen LogP contribution >= 0.6 is 0 Å². The van der Waals surface area contributed by atoms with E-state index in [-0.39, 0.29) is 12.0 Å². The van der Waals surface area contributed by atoms with Gasteiger partial charge in [-0.25, -0.2) is 0 Å². The van der Waals surface area contributed by atoms with Gasteiger partial charge in [-0.15, -0.1) is 0 Å². The van der Waals surface area contributed by atoms with Gasteiger partial charge in [0.25, 0.3) is 0 Å². The zero-order chi connectivity index (χ0) is 12.7. The monoisotopic (exact) mass is 244 g/mol. The molecule has 3 atom stereocenters. The summed E-state index contributed by atoms with van der Waals surface area (Å²) in [7, 11) is 0. The lowest BCUT2D eigenvalue weighted by molar-refractivity contribution is -0.132. The number of benzene rings is 1. The van der Waals surface area contributed by atoms with E-state index in [4.69, 9.17) is 5.73 Å². The number of hydrogen-bond acceptors (Lipinski definition) is 2. The summed E-state index contributed by atoms with van der Waals surface area (Å²) in [5.74, 6) is 0.883. The van der Waals surface area contributed by atoms with E-state index in [0.717, 1.165) is 25.9 Å². The Hall–Kier alpha value is -1.35. The first-order valence-corrected chi connectivity index (χ1v) is 6.79. The van der Waals surface area contributed by atoms with Crippen LogP contribution in [0.1, 0.15) is 30.4 Å². The van der Waals surface area contributed by atoms with E-state index in [9.17, 15) is 4.79 Å². The van der Waals surface area contributed by atoms with Crippen LogP contribution in [0.2, 0.25) is 0 Å². The summed E-state index contributed by atoms with van der Waals surface area (Å²) < 4.78 is 0. The molecule has 0 saturated carbocycles. The van der Waals surface area contributed by atoms with Gasteiger partial charge in [0.05, 0.1) is 5.92 Å². The average molecular weight is 244 g/mol. The molecule has 0 bridgehead atoms. The molecule has 0 spiro atoms. The predicted octanol–water partition coefficient (Wildman–Crippen LogP) is 1.52. The van der Waals surface area contributed by atoms with Crippen LogP contribution in [0, 0.1) is 5.92 Å². The molecule has 0 radical (unpaired) electrons. The molecule has 2 aliphatic rings. The number of likely N-dealkylation sites (tertiary alicyclic amines) is 1. The first-order valence-electron chi connectivity index (χ1n) is 6.79. The van der Waals surface area contributed by atoms with Crippen molar-refractivity contribution < 1.29 is 4.79 Å². The number of carbonyl (C=O) groups excluding carboxylic acids is 1. The molecule has 18 heavy (non-hydrogen) atoms. The summed E-state index contributed by atoms with van der Waals surface area (Å²) in [6.07, 6.45) is 1.96. The van der Waals surface area contributed by atoms with Crippen LogP contribution in [0.15, 0.2) is 24.3 Å². The highest BCUT2D eigenvalue weighted by molar-refractivity contribution is 5.87. The van der Waals surface area contributed by atoms with Crippen molar-refractivity contribution in [2.75, 3.05) is 13.1 Å². The van der Waals surface area contributed by atoms with E-state index in [1.54, 1.807) is 0 Å². The second kappa shape index (κ2) is 4.39. The Bertz CT molecular complexity index is 469. The molecule has 96 valence electrons. The maximum Gasteiger partial charge on any atom is 0.230 e. The lowest BCUT2D eigenvalue weighted by Gasteiger charge is -2.32. The molecule has 1 aliphatic carbocycles. The Balaban J connectivity index is 1.68. The van der Waals surface area contributed by atoms with Crippen LogP contribution in [0.3, 0.4) is 0 Å². The first-order chi connectivity index (χ1) is 8.66. The molecular weight excluding hydrogens is 224 g/mol. The maximum atomic E-state index is 12.4. The molecule has 2 N–H and O–H groups in total. The summed E-state index contributed by atoms with van der Waals surface area (Å²) in [6, 6.07) is 8.46. The van der Waals surface area contributed by atoms with Crippen LogP contribution in [-0.4, -0.2) is 29.9 Å². The summed E-state index contributed by atoms with van der Waals surface area (Å²) in [5.41, 5.74) is 8.48. The zero-order valence-electron chi connectivity index (χ0n) is 10.8. The van der Waals surface area contributed by atoms with Crippen molar-refractivity contribution in [3.63, 3.8) is 0 Å². The molecule has 1 saturated heterocycles. The van der Waals surface area contributed by atoms with E-state index in [1.807, 2.05) is 24.0 Å². The van der Waals surface area contributed by atoms with Gasteiger partial charge in [0, 0.05) is 19.1 Å². The minimum atomic E-state index is 0.105. The van der Waals surface area contributed by atoms with Crippen molar-refractivity contribution >= 4 is 5.91 Å². The van der Waals surface area contributed by atoms with Crippen molar-refractivity contribution in [1.29, 1.82) is 0 Å². The van der Waals surface area contributed by atoms with Crippen LogP contribution in [0.4, 0.5) is 0 Å². The highest BCUT2D eigenvalue weighted by atomic mass is 16.2. The largest absolute Gasteiger partial charge is 0.342 e. The molecule has 0 aromatic heterocycles. The molecule has 3 nitrogen and oxygen atoms in total. The van der Waals surface area contributed by atoms with Gasteiger partial charge in [-0.1, -0.05) is 24.3 Å². The van der Waals surface area contributed by atoms with Crippen molar-refractivity contribution in [3.8, 4) is 0 Å². The normalized spacial score (nSPS) is 27.6. The fraction of sp³-hybridized carbons (Fsp3) is 0.533. The molecular formula is C15H20N2O. The second-order valence-electron chi connectivity index (χ2n) is 5.65. The molecule has 1 aromatic carbocycles. The topological polar surface area (TPSA) is 46.3 Å². The smallest absolute Gasteiger partial charge is 0.230 e. The van der Waals surface area contributed by atoms with Crippen LogP contribution < -0.4 is 5.73 Å². The van der Waals surface area contributed by atoms with E-state index < -0.39 is 0 Å². The lowest BCUT2D eigenvalue weighted by atomic mass is 9.77. The van der Waals surface area contributed by atoms with Crippen LogP contribution in [0.5, 0.6) is 0 Å². The minimum absolute atomic E-state index is 0.105. The number of carbonyl (C=O) groups is 1. The summed E-state index contributed by atoms with van der Waals surface area (Å²) in [4.78, 5) is 14.5. The fourth-order valence-corrected chi connectivity index (χ4v) is 3.12. The second-order valence-corrected chi connectivity index (χ2v) is 5.65. The van der Waals surface area contributed by atoms with Crippen molar-refractivity contribution in [2.24, 2.45) is 11.7 Å². The number of nitrogens with two attached hydrogens (primary N) is 1. The van der Waals surface area contributed by atoms with Gasteiger partial charge in [-0.3, -0.25) is 4.79 Å². The molecule has 3 heteroatoms. The number of amides is 1. The Labute approximate surface area is 108 Å². The molecule has 1 aliphatic heterocycles. The van der Waals surface area contributed by atoms with Crippen molar-refractivity contribution in [1.82, 2.24) is 4.90 Å². The Morgan fingerprint density at radius 1 is 1.44 bits per heavy atom. The quantitative estimate of drug-likeness (QED) is 0.857. The molecule has 1 aromatic rings. The van der Waals surface area contributed by atoms with Gasteiger partial charge in [0.15, 0.2) is 0 Å². The zero-order valence-corrected chi connectivity index (χ0v) is 10.8.